The highest BCUT2D eigenvalue weighted by Crippen LogP contribution is 2.25. The van der Waals surface area contributed by atoms with Crippen molar-refractivity contribution in [1.82, 2.24) is 14.8 Å². The first-order valence-electron chi connectivity index (χ1n) is 12.4. The molecular weight excluding hydrogens is 485 g/mol. The summed E-state index contributed by atoms with van der Waals surface area (Å²) in [6.45, 7) is 10.0. The highest BCUT2D eigenvalue weighted by molar-refractivity contribution is 7.12. The zero-order valence-electron chi connectivity index (χ0n) is 21.4. The quantitative estimate of drug-likeness (QED) is 0.279. The highest BCUT2D eigenvalue weighted by Gasteiger charge is 2.44. The molecule has 1 aromatic heterocycles. The second-order valence-electron chi connectivity index (χ2n) is 9.66. The van der Waals surface area contributed by atoms with E-state index < -0.39 is 16.1 Å². The number of nitrogens with zero attached hydrogens (tertiary/aromatic N) is 3. The molecule has 3 aromatic carbocycles. The van der Waals surface area contributed by atoms with Gasteiger partial charge in [-0.05, 0) is 55.9 Å². The first-order valence-corrected chi connectivity index (χ1v) is 18.0. The van der Waals surface area contributed by atoms with E-state index in [4.69, 9.17) is 9.47 Å². The van der Waals surface area contributed by atoms with Crippen LogP contribution in [0.1, 0.15) is 13.8 Å². The van der Waals surface area contributed by atoms with Gasteiger partial charge in [0.25, 0.3) is 0 Å². The summed E-state index contributed by atoms with van der Waals surface area (Å²) in [5.41, 5.74) is 1.02. The van der Waals surface area contributed by atoms with Gasteiger partial charge in [0.2, 0.25) is 0 Å². The maximum atomic E-state index is 13.8. The molecule has 0 unspecified atom stereocenters. The average molecular weight is 520 g/mol. The summed E-state index contributed by atoms with van der Waals surface area (Å²) >= 11 is 0. The molecule has 4 rings (SSSR count). The minimum atomic E-state index is -2.46. The Morgan fingerprint density at radius 3 is 1.69 bits per heavy atom. The van der Waals surface area contributed by atoms with E-state index in [0.717, 1.165) is 23.3 Å². The average Bonchev–Trinajstić information content (AvgIpc) is 3.38. The van der Waals surface area contributed by atoms with E-state index in [-0.39, 0.29) is 5.82 Å². The first-order chi connectivity index (χ1) is 17.4. The molecule has 0 aliphatic rings. The highest BCUT2D eigenvalue weighted by atomic mass is 28.4. The third kappa shape index (κ3) is 5.76. The second-order valence-corrected chi connectivity index (χ2v) is 19.1. The standard InChI is InChI=1S/C28H34FN3O2Si2/c1-5-33-24-9-15-27(16-10-24)36(21-32-20-30-19-31-32,28-17-11-25(12-18-28)34-6-2)22-35(3,4)26-13-7-23(29)8-14-26/h7-20H,5-6,21-22H2,1-4H3. The Morgan fingerprint density at radius 1 is 0.750 bits per heavy atom. The zero-order valence-corrected chi connectivity index (χ0v) is 23.4. The summed E-state index contributed by atoms with van der Waals surface area (Å²) < 4.78 is 27.3. The summed E-state index contributed by atoms with van der Waals surface area (Å²) in [6, 6.07) is 24.3. The molecule has 0 aliphatic heterocycles. The van der Waals surface area contributed by atoms with Gasteiger partial charge in [0, 0.05) is 6.17 Å². The fraction of sp³-hybridized carbons (Fsp3) is 0.286. The maximum Gasteiger partial charge on any atom is 0.138 e. The van der Waals surface area contributed by atoms with E-state index >= 15 is 0 Å². The van der Waals surface area contributed by atoms with Crippen LogP contribution in [-0.2, 0) is 6.17 Å². The Morgan fingerprint density at radius 2 is 1.25 bits per heavy atom. The van der Waals surface area contributed by atoms with Crippen LogP contribution in [0.25, 0.3) is 0 Å². The molecule has 36 heavy (non-hydrogen) atoms. The molecule has 8 heteroatoms. The van der Waals surface area contributed by atoms with Gasteiger partial charge in [0.1, 0.15) is 38.0 Å². The molecule has 0 saturated carbocycles. The first kappa shape index (κ1) is 25.8. The van der Waals surface area contributed by atoms with Gasteiger partial charge in [-0.3, -0.25) is 4.68 Å². The van der Waals surface area contributed by atoms with Gasteiger partial charge in [-0.2, -0.15) is 5.10 Å². The lowest BCUT2D eigenvalue weighted by Gasteiger charge is -2.39. The van der Waals surface area contributed by atoms with Crippen molar-refractivity contribution in [3.8, 4) is 11.5 Å². The van der Waals surface area contributed by atoms with Crippen LogP contribution < -0.4 is 25.0 Å². The molecule has 0 atom stereocenters. The normalized spacial score (nSPS) is 11.9. The molecule has 0 spiro atoms. The van der Waals surface area contributed by atoms with Gasteiger partial charge in [-0.1, -0.05) is 65.1 Å². The zero-order chi connectivity index (χ0) is 25.6. The van der Waals surface area contributed by atoms with E-state index in [0.29, 0.717) is 13.2 Å². The number of rotatable bonds is 11. The van der Waals surface area contributed by atoms with E-state index in [9.17, 15) is 4.39 Å². The Balaban J connectivity index is 1.88. The lowest BCUT2D eigenvalue weighted by Crippen LogP contribution is -2.66. The van der Waals surface area contributed by atoms with Crippen molar-refractivity contribution in [1.29, 1.82) is 0 Å². The smallest absolute Gasteiger partial charge is 0.138 e. The summed E-state index contributed by atoms with van der Waals surface area (Å²) in [7, 11) is -4.48. The van der Waals surface area contributed by atoms with Gasteiger partial charge < -0.3 is 9.47 Å². The summed E-state index contributed by atoms with van der Waals surface area (Å²) in [6.07, 6.45) is 4.15. The van der Waals surface area contributed by atoms with Crippen LogP contribution in [0.5, 0.6) is 11.5 Å². The molecule has 0 N–H and O–H groups in total. The number of benzene rings is 3. The predicted molar refractivity (Wildman–Crippen MR) is 149 cm³/mol. The Labute approximate surface area is 215 Å². The number of hydrogen-bond acceptors (Lipinski definition) is 4. The van der Waals surface area contributed by atoms with E-state index in [2.05, 4.69) is 71.7 Å². The molecule has 188 valence electrons. The van der Waals surface area contributed by atoms with E-state index in [1.54, 1.807) is 24.8 Å². The maximum absolute atomic E-state index is 13.8. The van der Waals surface area contributed by atoms with Gasteiger partial charge in [0.15, 0.2) is 0 Å². The fourth-order valence-electron chi connectivity index (χ4n) is 5.03. The number of ether oxygens (including phenoxy) is 2. The lowest BCUT2D eigenvalue weighted by molar-refractivity contribution is 0.340. The molecule has 0 bridgehead atoms. The largest absolute Gasteiger partial charge is 0.494 e. The van der Waals surface area contributed by atoms with Gasteiger partial charge in [-0.25, -0.2) is 9.37 Å². The van der Waals surface area contributed by atoms with Gasteiger partial charge >= 0.3 is 0 Å². The monoisotopic (exact) mass is 519 g/mol. The number of aromatic nitrogens is 3. The summed E-state index contributed by atoms with van der Waals surface area (Å²) in [5, 5.41) is 8.39. The molecule has 0 radical (unpaired) electrons. The minimum Gasteiger partial charge on any atom is -0.494 e. The Bertz CT molecular complexity index is 1180. The van der Waals surface area contributed by atoms with Crippen LogP contribution in [0.15, 0.2) is 85.5 Å². The second kappa shape index (κ2) is 11.2. The molecular formula is C28H34FN3O2Si2. The minimum absolute atomic E-state index is 0.201. The molecule has 5 nitrogen and oxygen atoms in total. The van der Waals surface area contributed by atoms with Crippen LogP contribution in [0.2, 0.25) is 18.8 Å². The molecule has 1 heterocycles. The van der Waals surface area contributed by atoms with Crippen molar-refractivity contribution in [2.24, 2.45) is 0 Å². The van der Waals surface area contributed by atoms with Gasteiger partial charge in [-0.15, -0.1) is 0 Å². The van der Waals surface area contributed by atoms with Crippen molar-refractivity contribution in [2.45, 2.75) is 38.8 Å². The van der Waals surface area contributed by atoms with E-state index in [1.807, 2.05) is 30.7 Å². The molecule has 0 fully saturated rings. The third-order valence-corrected chi connectivity index (χ3v) is 18.3. The van der Waals surface area contributed by atoms with Crippen molar-refractivity contribution < 1.29 is 13.9 Å². The molecule has 4 aromatic rings. The molecule has 0 saturated heterocycles. The van der Waals surface area contributed by atoms with Crippen molar-refractivity contribution in [3.63, 3.8) is 0 Å². The topological polar surface area (TPSA) is 49.2 Å². The van der Waals surface area contributed by atoms with Crippen LogP contribution in [0, 0.1) is 5.82 Å². The van der Waals surface area contributed by atoms with Crippen LogP contribution >= 0.6 is 0 Å². The van der Waals surface area contributed by atoms with E-state index in [1.165, 1.54) is 15.6 Å². The van der Waals surface area contributed by atoms with Crippen molar-refractivity contribution in [3.05, 3.63) is 91.3 Å². The van der Waals surface area contributed by atoms with Crippen molar-refractivity contribution in [2.75, 3.05) is 13.2 Å². The van der Waals surface area contributed by atoms with Crippen molar-refractivity contribution >= 4 is 31.7 Å². The van der Waals surface area contributed by atoms with Crippen LogP contribution in [0.4, 0.5) is 4.39 Å². The summed E-state index contributed by atoms with van der Waals surface area (Å²) in [5.74, 6) is 1.53. The predicted octanol–water partition coefficient (Wildman–Crippen LogP) is 4.17. The fourth-order valence-corrected chi connectivity index (χ4v) is 18.1. The Hall–Kier alpha value is -3.24. The SMILES string of the molecule is CCOc1ccc([Si](Cn2cncn2)(C[Si](C)(C)c2ccc(F)cc2)c2ccc(OCC)cc2)cc1. The van der Waals surface area contributed by atoms with Crippen LogP contribution in [-0.4, -0.2) is 44.1 Å². The number of halogens is 1. The van der Waals surface area contributed by atoms with Crippen LogP contribution in [0.3, 0.4) is 0 Å². The number of hydrogen-bond donors (Lipinski definition) is 0. The third-order valence-electron chi connectivity index (χ3n) is 6.70. The van der Waals surface area contributed by atoms with Gasteiger partial charge in [0.05, 0.1) is 21.3 Å². The Kier molecular flexibility index (Phi) is 8.05. The molecule has 0 aliphatic carbocycles. The lowest BCUT2D eigenvalue weighted by atomic mass is 10.3. The summed E-state index contributed by atoms with van der Waals surface area (Å²) in [4.78, 5) is 4.24. The molecule has 0 amide bonds.